The van der Waals surface area contributed by atoms with Gasteiger partial charge in [-0.1, -0.05) is 0 Å². The summed E-state index contributed by atoms with van der Waals surface area (Å²) in [6, 6.07) is 0.446. The molecule has 0 spiro atoms. The number of nitrogens with zero attached hydrogens (tertiary/aromatic N) is 1. The lowest BCUT2D eigenvalue weighted by Gasteiger charge is -2.31. The molecule has 0 saturated carbocycles. The Hall–Kier alpha value is -0.120. The van der Waals surface area contributed by atoms with Gasteiger partial charge in [-0.2, -0.15) is 0 Å². The largest absolute Gasteiger partial charge is 0.327 e. The highest BCUT2D eigenvalue weighted by Crippen LogP contribution is 2.26. The minimum absolute atomic E-state index is 0.446. The van der Waals surface area contributed by atoms with Crippen LogP contribution in [0.5, 0.6) is 0 Å². The van der Waals surface area contributed by atoms with Gasteiger partial charge in [-0.3, -0.25) is 0 Å². The van der Waals surface area contributed by atoms with Crippen LogP contribution in [0.2, 0.25) is 0 Å². The van der Waals surface area contributed by atoms with E-state index in [4.69, 9.17) is 5.73 Å². The Morgan fingerprint density at radius 1 is 1.21 bits per heavy atom. The van der Waals surface area contributed by atoms with Crippen molar-refractivity contribution in [1.82, 2.24) is 10.2 Å². The van der Waals surface area contributed by atoms with Gasteiger partial charge in [0.1, 0.15) is 0 Å². The topological polar surface area (TPSA) is 41.3 Å². The predicted octanol–water partition coefficient (Wildman–Crippen LogP) is 0.265. The molecule has 2 unspecified atom stereocenters. The Morgan fingerprint density at radius 2 is 1.93 bits per heavy atom. The number of hydrogen-bond acceptors (Lipinski definition) is 3. The molecular weight excluding hydrogens is 174 g/mol. The predicted molar refractivity (Wildman–Crippen MR) is 59.2 cm³/mol. The van der Waals surface area contributed by atoms with Crippen LogP contribution in [-0.2, 0) is 0 Å². The molecule has 3 N–H and O–H groups in total. The highest BCUT2D eigenvalue weighted by Gasteiger charge is 2.31. The molecular formula is C11H23N3. The number of hydrogen-bond donors (Lipinski definition) is 2. The molecule has 0 aromatic heterocycles. The summed E-state index contributed by atoms with van der Waals surface area (Å²) in [6.07, 6.45) is 3.87. The SMILES string of the molecule is CN1CCC(C(N)C2CCNCC2)C1. The van der Waals surface area contributed by atoms with E-state index in [1.54, 1.807) is 0 Å². The Morgan fingerprint density at radius 3 is 2.50 bits per heavy atom. The third-order valence-corrected chi connectivity index (χ3v) is 3.90. The first-order valence-corrected chi connectivity index (χ1v) is 5.92. The van der Waals surface area contributed by atoms with Crippen LogP contribution in [0.25, 0.3) is 0 Å². The third-order valence-electron chi connectivity index (χ3n) is 3.90. The van der Waals surface area contributed by atoms with Gasteiger partial charge in [0.2, 0.25) is 0 Å². The van der Waals surface area contributed by atoms with Gasteiger partial charge in [0.25, 0.3) is 0 Å². The van der Waals surface area contributed by atoms with Crippen molar-refractivity contribution in [3.8, 4) is 0 Å². The summed E-state index contributed by atoms with van der Waals surface area (Å²) in [6.45, 7) is 4.79. The van der Waals surface area contributed by atoms with E-state index in [0.717, 1.165) is 11.8 Å². The van der Waals surface area contributed by atoms with Crippen molar-refractivity contribution in [2.45, 2.75) is 25.3 Å². The molecule has 0 aromatic carbocycles. The van der Waals surface area contributed by atoms with Crippen molar-refractivity contribution in [3.63, 3.8) is 0 Å². The Labute approximate surface area is 87.0 Å². The fourth-order valence-corrected chi connectivity index (χ4v) is 2.90. The maximum atomic E-state index is 6.36. The Kier molecular flexibility index (Phi) is 3.42. The lowest BCUT2D eigenvalue weighted by atomic mass is 9.83. The van der Waals surface area contributed by atoms with Gasteiger partial charge >= 0.3 is 0 Å². The van der Waals surface area contributed by atoms with Crippen molar-refractivity contribution in [3.05, 3.63) is 0 Å². The molecule has 2 aliphatic heterocycles. The molecule has 2 atom stereocenters. The molecule has 3 heteroatoms. The smallest absolute Gasteiger partial charge is 0.0109 e. The van der Waals surface area contributed by atoms with Gasteiger partial charge < -0.3 is 16.0 Å². The number of nitrogens with one attached hydrogen (secondary N) is 1. The van der Waals surface area contributed by atoms with E-state index in [9.17, 15) is 0 Å². The molecule has 2 aliphatic rings. The van der Waals surface area contributed by atoms with E-state index < -0.39 is 0 Å². The number of likely N-dealkylation sites (tertiary alicyclic amines) is 1. The molecule has 0 radical (unpaired) electrons. The van der Waals surface area contributed by atoms with Crippen LogP contribution < -0.4 is 11.1 Å². The van der Waals surface area contributed by atoms with Crippen molar-refractivity contribution < 1.29 is 0 Å². The maximum Gasteiger partial charge on any atom is 0.0109 e. The second-order valence-electron chi connectivity index (χ2n) is 4.98. The van der Waals surface area contributed by atoms with Gasteiger partial charge in [-0.25, -0.2) is 0 Å². The normalized spacial score (nSPS) is 33.4. The maximum absolute atomic E-state index is 6.36. The van der Waals surface area contributed by atoms with Crippen molar-refractivity contribution in [1.29, 1.82) is 0 Å². The van der Waals surface area contributed by atoms with E-state index in [1.807, 2.05) is 0 Å². The van der Waals surface area contributed by atoms with Gasteiger partial charge in [0.05, 0.1) is 0 Å². The summed E-state index contributed by atoms with van der Waals surface area (Å²) in [5.41, 5.74) is 6.36. The lowest BCUT2D eigenvalue weighted by Crippen LogP contribution is -2.43. The van der Waals surface area contributed by atoms with Crippen LogP contribution in [0.15, 0.2) is 0 Å². The first-order chi connectivity index (χ1) is 6.77. The fraction of sp³-hybridized carbons (Fsp3) is 1.00. The molecule has 14 heavy (non-hydrogen) atoms. The number of nitrogens with two attached hydrogens (primary N) is 1. The van der Waals surface area contributed by atoms with E-state index in [1.165, 1.54) is 45.4 Å². The lowest BCUT2D eigenvalue weighted by molar-refractivity contribution is 0.251. The van der Waals surface area contributed by atoms with Gasteiger partial charge in [0.15, 0.2) is 0 Å². The summed E-state index contributed by atoms with van der Waals surface area (Å²) in [7, 11) is 2.20. The summed E-state index contributed by atoms with van der Waals surface area (Å²) in [5, 5.41) is 3.40. The molecule has 2 fully saturated rings. The zero-order chi connectivity index (χ0) is 9.97. The van der Waals surface area contributed by atoms with Crippen molar-refractivity contribution >= 4 is 0 Å². The van der Waals surface area contributed by atoms with Crippen LogP contribution in [0.3, 0.4) is 0 Å². The standard InChI is InChI=1S/C11H23N3/c1-14-7-4-10(8-14)11(12)9-2-5-13-6-3-9/h9-11,13H,2-8,12H2,1H3. The van der Waals surface area contributed by atoms with Crippen molar-refractivity contribution in [2.24, 2.45) is 17.6 Å². The Balaban J connectivity index is 1.84. The minimum atomic E-state index is 0.446. The third kappa shape index (κ3) is 2.27. The van der Waals surface area contributed by atoms with E-state index in [2.05, 4.69) is 17.3 Å². The summed E-state index contributed by atoms with van der Waals surface area (Å²) in [4.78, 5) is 2.41. The molecule has 0 aliphatic carbocycles. The number of piperidine rings is 1. The molecule has 2 saturated heterocycles. The summed E-state index contributed by atoms with van der Waals surface area (Å²) < 4.78 is 0. The second-order valence-corrected chi connectivity index (χ2v) is 4.98. The van der Waals surface area contributed by atoms with Crippen LogP contribution in [0.1, 0.15) is 19.3 Å². The fourth-order valence-electron chi connectivity index (χ4n) is 2.90. The zero-order valence-corrected chi connectivity index (χ0v) is 9.21. The average Bonchev–Trinajstić information content (AvgIpc) is 2.65. The van der Waals surface area contributed by atoms with E-state index in [0.29, 0.717) is 6.04 Å². The molecule has 0 bridgehead atoms. The van der Waals surface area contributed by atoms with Gasteiger partial charge in [-0.05, 0) is 57.8 Å². The highest BCUT2D eigenvalue weighted by atomic mass is 15.1. The Bertz CT molecular complexity index is 173. The van der Waals surface area contributed by atoms with Gasteiger partial charge in [-0.15, -0.1) is 0 Å². The van der Waals surface area contributed by atoms with Gasteiger partial charge in [0, 0.05) is 12.6 Å². The summed E-state index contributed by atoms with van der Waals surface area (Å²) >= 11 is 0. The van der Waals surface area contributed by atoms with Crippen LogP contribution in [-0.4, -0.2) is 44.2 Å². The van der Waals surface area contributed by atoms with Crippen LogP contribution >= 0.6 is 0 Å². The molecule has 3 nitrogen and oxygen atoms in total. The zero-order valence-electron chi connectivity index (χ0n) is 9.21. The molecule has 2 heterocycles. The van der Waals surface area contributed by atoms with E-state index in [-0.39, 0.29) is 0 Å². The monoisotopic (exact) mass is 197 g/mol. The second kappa shape index (κ2) is 4.60. The summed E-state index contributed by atoms with van der Waals surface area (Å²) in [5.74, 6) is 1.52. The van der Waals surface area contributed by atoms with Crippen LogP contribution in [0, 0.1) is 11.8 Å². The van der Waals surface area contributed by atoms with E-state index >= 15 is 0 Å². The molecule has 2 rings (SSSR count). The average molecular weight is 197 g/mol. The minimum Gasteiger partial charge on any atom is -0.327 e. The number of rotatable bonds is 2. The quantitative estimate of drug-likeness (QED) is 0.667. The van der Waals surface area contributed by atoms with Crippen LogP contribution in [0.4, 0.5) is 0 Å². The molecule has 82 valence electrons. The first kappa shape index (κ1) is 10.4. The van der Waals surface area contributed by atoms with Crippen molar-refractivity contribution in [2.75, 3.05) is 33.2 Å². The molecule has 0 amide bonds. The molecule has 0 aromatic rings. The first-order valence-electron chi connectivity index (χ1n) is 5.92. The highest BCUT2D eigenvalue weighted by molar-refractivity contribution is 4.88.